The number of hydrogen-bond donors (Lipinski definition) is 0. The highest BCUT2D eigenvalue weighted by Gasteiger charge is 2.09. The number of ether oxygens (including phenoxy) is 2. The molecule has 0 fully saturated rings. The molecule has 16 heavy (non-hydrogen) atoms. The molecule has 0 aliphatic heterocycles. The van der Waals surface area contributed by atoms with E-state index >= 15 is 0 Å². The minimum atomic E-state index is -0.244. The maximum atomic E-state index is 11.2. The molecule has 0 aliphatic rings. The Hall–Kier alpha value is -1.51. The van der Waals surface area contributed by atoms with Gasteiger partial charge >= 0.3 is 5.97 Å². The second-order valence-corrected chi connectivity index (χ2v) is 3.71. The van der Waals surface area contributed by atoms with Crippen molar-refractivity contribution >= 4 is 5.97 Å². The summed E-state index contributed by atoms with van der Waals surface area (Å²) in [5.74, 6) is 0.532. The number of carbonyl (C=O) groups is 1. The van der Waals surface area contributed by atoms with Crippen LogP contribution in [0.2, 0.25) is 0 Å². The Morgan fingerprint density at radius 2 is 2.12 bits per heavy atom. The first-order valence-electron chi connectivity index (χ1n) is 5.46. The molecule has 0 heterocycles. The molecule has 1 aromatic carbocycles. The summed E-state index contributed by atoms with van der Waals surface area (Å²) in [4.78, 5) is 11.2. The Balaban J connectivity index is 2.84. The molecule has 0 saturated carbocycles. The van der Waals surface area contributed by atoms with E-state index in [2.05, 4.69) is 4.74 Å². The predicted molar refractivity (Wildman–Crippen MR) is 62.7 cm³/mol. The third-order valence-electron chi connectivity index (χ3n) is 2.24. The lowest BCUT2D eigenvalue weighted by molar-refractivity contribution is -0.139. The summed E-state index contributed by atoms with van der Waals surface area (Å²) < 4.78 is 10.2. The van der Waals surface area contributed by atoms with E-state index < -0.39 is 0 Å². The molecular weight excluding hydrogens is 204 g/mol. The van der Waals surface area contributed by atoms with Gasteiger partial charge in [-0.15, -0.1) is 0 Å². The first-order valence-corrected chi connectivity index (χ1v) is 5.46. The molecule has 0 amide bonds. The Morgan fingerprint density at radius 3 is 2.75 bits per heavy atom. The van der Waals surface area contributed by atoms with E-state index in [1.165, 1.54) is 7.11 Å². The average molecular weight is 222 g/mol. The normalized spacial score (nSPS) is 9.94. The van der Waals surface area contributed by atoms with Crippen molar-refractivity contribution in [3.05, 3.63) is 29.3 Å². The number of hydrogen-bond acceptors (Lipinski definition) is 3. The average Bonchev–Trinajstić information content (AvgIpc) is 2.28. The van der Waals surface area contributed by atoms with Gasteiger partial charge in [0.2, 0.25) is 0 Å². The molecule has 1 aromatic rings. The minimum absolute atomic E-state index is 0.244. The van der Waals surface area contributed by atoms with Gasteiger partial charge in [0.05, 0.1) is 20.1 Å². The number of methoxy groups -OCH3 is 1. The smallest absolute Gasteiger partial charge is 0.310 e. The van der Waals surface area contributed by atoms with Gasteiger partial charge in [0.25, 0.3) is 0 Å². The molecule has 0 unspecified atom stereocenters. The molecule has 0 atom stereocenters. The molecule has 88 valence electrons. The van der Waals surface area contributed by atoms with Gasteiger partial charge in [-0.3, -0.25) is 4.79 Å². The van der Waals surface area contributed by atoms with Crippen LogP contribution < -0.4 is 4.74 Å². The second kappa shape index (κ2) is 6.16. The zero-order chi connectivity index (χ0) is 12.0. The maximum Gasteiger partial charge on any atom is 0.310 e. The van der Waals surface area contributed by atoms with Crippen molar-refractivity contribution in [2.75, 3.05) is 13.7 Å². The fourth-order valence-corrected chi connectivity index (χ4v) is 1.43. The molecule has 0 radical (unpaired) electrons. The largest absolute Gasteiger partial charge is 0.493 e. The molecule has 0 spiro atoms. The van der Waals surface area contributed by atoms with Crippen molar-refractivity contribution in [2.45, 2.75) is 26.7 Å². The fourth-order valence-electron chi connectivity index (χ4n) is 1.43. The number of aryl methyl sites for hydroxylation is 1. The molecular formula is C13H18O3. The van der Waals surface area contributed by atoms with Gasteiger partial charge in [0.1, 0.15) is 5.75 Å². The van der Waals surface area contributed by atoms with E-state index in [0.717, 1.165) is 23.3 Å². The van der Waals surface area contributed by atoms with Crippen LogP contribution in [0.1, 0.15) is 24.5 Å². The fraction of sp³-hybridized carbons (Fsp3) is 0.462. The van der Waals surface area contributed by atoms with E-state index in [1.54, 1.807) is 0 Å². The lowest BCUT2D eigenvalue weighted by Crippen LogP contribution is -2.07. The topological polar surface area (TPSA) is 35.5 Å². The minimum Gasteiger partial charge on any atom is -0.493 e. The van der Waals surface area contributed by atoms with Gasteiger partial charge in [0, 0.05) is 5.56 Å². The van der Waals surface area contributed by atoms with Crippen molar-refractivity contribution in [1.82, 2.24) is 0 Å². The number of rotatable bonds is 5. The van der Waals surface area contributed by atoms with Gasteiger partial charge < -0.3 is 9.47 Å². The van der Waals surface area contributed by atoms with Crippen LogP contribution in [-0.2, 0) is 16.0 Å². The summed E-state index contributed by atoms with van der Waals surface area (Å²) in [6.45, 7) is 4.70. The van der Waals surface area contributed by atoms with Crippen LogP contribution in [0.3, 0.4) is 0 Å². The quantitative estimate of drug-likeness (QED) is 0.718. The number of carbonyl (C=O) groups excluding carboxylic acids is 1. The van der Waals surface area contributed by atoms with E-state index in [4.69, 9.17) is 4.74 Å². The highest BCUT2D eigenvalue weighted by atomic mass is 16.5. The summed E-state index contributed by atoms with van der Waals surface area (Å²) in [5.41, 5.74) is 2.00. The SMILES string of the molecule is CCCOc1ccc(C)cc1CC(=O)OC. The summed E-state index contributed by atoms with van der Waals surface area (Å²) >= 11 is 0. The standard InChI is InChI=1S/C13H18O3/c1-4-7-16-12-6-5-10(2)8-11(12)9-13(14)15-3/h5-6,8H,4,7,9H2,1-3H3. The molecule has 3 nitrogen and oxygen atoms in total. The van der Waals surface area contributed by atoms with Crippen LogP contribution in [0.25, 0.3) is 0 Å². The van der Waals surface area contributed by atoms with Gasteiger partial charge in [-0.1, -0.05) is 24.6 Å². The molecule has 1 rings (SSSR count). The van der Waals surface area contributed by atoms with Crippen molar-refractivity contribution in [3.63, 3.8) is 0 Å². The number of esters is 1. The lowest BCUT2D eigenvalue weighted by Gasteiger charge is -2.10. The molecule has 0 aromatic heterocycles. The van der Waals surface area contributed by atoms with Crippen LogP contribution >= 0.6 is 0 Å². The van der Waals surface area contributed by atoms with Gasteiger partial charge in [-0.25, -0.2) is 0 Å². The van der Waals surface area contributed by atoms with Crippen molar-refractivity contribution < 1.29 is 14.3 Å². The highest BCUT2D eigenvalue weighted by molar-refractivity contribution is 5.73. The Kier molecular flexibility index (Phi) is 4.83. The summed E-state index contributed by atoms with van der Waals surface area (Å²) in [5, 5.41) is 0. The van der Waals surface area contributed by atoms with Gasteiger partial charge in [0.15, 0.2) is 0 Å². The zero-order valence-corrected chi connectivity index (χ0v) is 10.1. The second-order valence-electron chi connectivity index (χ2n) is 3.71. The summed E-state index contributed by atoms with van der Waals surface area (Å²) in [6.07, 6.45) is 1.21. The maximum absolute atomic E-state index is 11.2. The van der Waals surface area contributed by atoms with Gasteiger partial charge in [-0.05, 0) is 19.4 Å². The highest BCUT2D eigenvalue weighted by Crippen LogP contribution is 2.21. The van der Waals surface area contributed by atoms with Crippen molar-refractivity contribution in [2.24, 2.45) is 0 Å². The van der Waals surface area contributed by atoms with Crippen molar-refractivity contribution in [3.8, 4) is 5.75 Å². The molecule has 0 saturated heterocycles. The van der Waals surface area contributed by atoms with E-state index in [9.17, 15) is 4.79 Å². The van der Waals surface area contributed by atoms with E-state index in [1.807, 2.05) is 32.0 Å². The number of benzene rings is 1. The summed E-state index contributed by atoms with van der Waals surface area (Å²) in [6, 6.07) is 5.84. The Labute approximate surface area is 96.4 Å². The Morgan fingerprint density at radius 1 is 1.38 bits per heavy atom. The van der Waals surface area contributed by atoms with Gasteiger partial charge in [-0.2, -0.15) is 0 Å². The third kappa shape index (κ3) is 3.57. The molecule has 0 N–H and O–H groups in total. The van der Waals surface area contributed by atoms with Crippen LogP contribution in [0.5, 0.6) is 5.75 Å². The van der Waals surface area contributed by atoms with Crippen LogP contribution in [-0.4, -0.2) is 19.7 Å². The third-order valence-corrected chi connectivity index (χ3v) is 2.24. The van der Waals surface area contributed by atoms with E-state index in [-0.39, 0.29) is 12.4 Å². The monoisotopic (exact) mass is 222 g/mol. The zero-order valence-electron chi connectivity index (χ0n) is 10.1. The summed E-state index contributed by atoms with van der Waals surface area (Å²) in [7, 11) is 1.39. The molecule has 0 bridgehead atoms. The van der Waals surface area contributed by atoms with Crippen molar-refractivity contribution in [1.29, 1.82) is 0 Å². The predicted octanol–water partition coefficient (Wildman–Crippen LogP) is 2.50. The molecule has 3 heteroatoms. The van der Waals surface area contributed by atoms with Crippen LogP contribution in [0.4, 0.5) is 0 Å². The van der Waals surface area contributed by atoms with Crippen LogP contribution in [0, 0.1) is 6.92 Å². The Bertz CT molecular complexity index is 358. The first-order chi connectivity index (χ1) is 7.67. The molecule has 0 aliphatic carbocycles. The lowest BCUT2D eigenvalue weighted by atomic mass is 10.1. The first kappa shape index (κ1) is 12.6. The van der Waals surface area contributed by atoms with E-state index in [0.29, 0.717) is 6.61 Å². The van der Waals surface area contributed by atoms with Crippen LogP contribution in [0.15, 0.2) is 18.2 Å².